The number of halogens is 2. The second-order valence-corrected chi connectivity index (χ2v) is 5.70. The van der Waals surface area contributed by atoms with Crippen LogP contribution in [0, 0.1) is 6.92 Å². The Morgan fingerprint density at radius 1 is 1.50 bits per heavy atom. The molecule has 1 aromatic carbocycles. The number of Topliss-reactive ketones (excluding diaryl/α,β-unsaturated/α-hetero) is 1. The fourth-order valence-electron chi connectivity index (χ4n) is 2.03. The minimum absolute atomic E-state index is 0.0487. The quantitative estimate of drug-likeness (QED) is 0.786. The number of aryl methyl sites for hydroxylation is 2. The third-order valence-corrected chi connectivity index (χ3v) is 4.04. The molecule has 1 aromatic heterocycles. The summed E-state index contributed by atoms with van der Waals surface area (Å²) in [6, 6.07) is 5.32. The molecule has 106 valence electrons. The molecule has 4 nitrogen and oxygen atoms in total. The Hall–Kier alpha value is -1.33. The van der Waals surface area contributed by atoms with Crippen LogP contribution in [-0.2, 0) is 13.5 Å². The normalized spacial score (nSPS) is 10.7. The Labute approximate surface area is 130 Å². The number of ether oxygens (including phenoxy) is 1. The number of rotatable bonds is 4. The van der Waals surface area contributed by atoms with Gasteiger partial charge < -0.3 is 4.74 Å². The average Bonchev–Trinajstić information content (AvgIpc) is 2.65. The van der Waals surface area contributed by atoms with Crippen LogP contribution in [0.2, 0.25) is 5.15 Å². The summed E-state index contributed by atoms with van der Waals surface area (Å²) >= 11 is 9.51. The molecular weight excluding hydrogens is 344 g/mol. The van der Waals surface area contributed by atoms with E-state index < -0.39 is 0 Å². The van der Waals surface area contributed by atoms with Crippen LogP contribution in [0.5, 0.6) is 5.75 Å². The molecule has 0 radical (unpaired) electrons. The maximum Gasteiger partial charge on any atom is 0.171 e. The average molecular weight is 358 g/mol. The highest BCUT2D eigenvalue weighted by atomic mass is 79.9. The zero-order valence-corrected chi connectivity index (χ0v) is 13.7. The Morgan fingerprint density at radius 2 is 2.20 bits per heavy atom. The van der Waals surface area contributed by atoms with Gasteiger partial charge in [-0.2, -0.15) is 5.10 Å². The standard InChI is InChI=1S/C14H14BrClN2O2/c1-8-11(14(16)18(2)17-8)7-12(19)10-5-4-9(15)6-13(10)20-3/h4-6H,7H2,1-3H3. The molecule has 0 N–H and O–H groups in total. The van der Waals surface area contributed by atoms with Gasteiger partial charge in [-0.25, -0.2) is 0 Å². The molecule has 0 saturated carbocycles. The maximum atomic E-state index is 12.4. The number of nitrogens with zero attached hydrogens (tertiary/aromatic N) is 2. The molecule has 0 saturated heterocycles. The summed E-state index contributed by atoms with van der Waals surface area (Å²) < 4.78 is 7.68. The number of methoxy groups -OCH3 is 1. The number of carbonyl (C=O) groups is 1. The molecule has 0 spiro atoms. The summed E-state index contributed by atoms with van der Waals surface area (Å²) in [6.45, 7) is 1.84. The van der Waals surface area contributed by atoms with Crippen LogP contribution in [0.1, 0.15) is 21.6 Å². The van der Waals surface area contributed by atoms with Crippen LogP contribution in [0.4, 0.5) is 0 Å². The largest absolute Gasteiger partial charge is 0.496 e. The minimum atomic E-state index is -0.0487. The number of hydrogen-bond donors (Lipinski definition) is 0. The zero-order chi connectivity index (χ0) is 14.9. The first-order chi connectivity index (χ1) is 9.43. The number of benzene rings is 1. The second-order valence-electron chi connectivity index (χ2n) is 4.42. The summed E-state index contributed by atoms with van der Waals surface area (Å²) in [7, 11) is 3.30. The van der Waals surface area contributed by atoms with Gasteiger partial charge >= 0.3 is 0 Å². The SMILES string of the molecule is COc1cc(Br)ccc1C(=O)Cc1c(C)nn(C)c1Cl. The van der Waals surface area contributed by atoms with Gasteiger partial charge in [0.15, 0.2) is 5.78 Å². The van der Waals surface area contributed by atoms with E-state index in [1.165, 1.54) is 0 Å². The van der Waals surface area contributed by atoms with Crippen molar-refractivity contribution < 1.29 is 9.53 Å². The Kier molecular flexibility index (Phi) is 4.50. The highest BCUT2D eigenvalue weighted by Crippen LogP contribution is 2.26. The van der Waals surface area contributed by atoms with E-state index in [9.17, 15) is 4.79 Å². The lowest BCUT2D eigenvalue weighted by Crippen LogP contribution is -2.06. The van der Waals surface area contributed by atoms with Gasteiger partial charge in [-0.15, -0.1) is 0 Å². The first kappa shape index (κ1) is 15.1. The summed E-state index contributed by atoms with van der Waals surface area (Å²) in [5.74, 6) is 0.495. The van der Waals surface area contributed by atoms with E-state index in [0.717, 1.165) is 15.7 Å². The van der Waals surface area contributed by atoms with Gasteiger partial charge in [0.05, 0.1) is 18.4 Å². The molecule has 0 amide bonds. The van der Waals surface area contributed by atoms with Gasteiger partial charge in [-0.05, 0) is 25.1 Å². The topological polar surface area (TPSA) is 44.1 Å². The molecule has 0 aliphatic rings. The van der Waals surface area contributed by atoms with Crippen LogP contribution in [-0.4, -0.2) is 22.7 Å². The van der Waals surface area contributed by atoms with Crippen molar-refractivity contribution in [3.05, 3.63) is 44.6 Å². The van der Waals surface area contributed by atoms with Crippen molar-refractivity contribution in [2.24, 2.45) is 7.05 Å². The molecular formula is C14H14BrClN2O2. The molecule has 2 rings (SSSR count). The Morgan fingerprint density at radius 3 is 2.75 bits per heavy atom. The molecule has 0 aliphatic carbocycles. The van der Waals surface area contributed by atoms with Crippen LogP contribution in [0.25, 0.3) is 0 Å². The van der Waals surface area contributed by atoms with Crippen molar-refractivity contribution in [3.63, 3.8) is 0 Å². The first-order valence-electron chi connectivity index (χ1n) is 5.98. The predicted octanol–water partition coefficient (Wildman–Crippen LogP) is 3.58. The Bertz CT molecular complexity index is 667. The van der Waals surface area contributed by atoms with E-state index in [1.807, 2.05) is 13.0 Å². The van der Waals surface area contributed by atoms with Gasteiger partial charge in [0.25, 0.3) is 0 Å². The smallest absolute Gasteiger partial charge is 0.171 e. The lowest BCUT2D eigenvalue weighted by molar-refractivity contribution is 0.0990. The lowest BCUT2D eigenvalue weighted by atomic mass is 10.0. The maximum absolute atomic E-state index is 12.4. The molecule has 2 aromatic rings. The molecule has 0 atom stereocenters. The van der Waals surface area contributed by atoms with Gasteiger partial charge in [0.2, 0.25) is 0 Å². The van der Waals surface area contributed by atoms with Crippen molar-refractivity contribution in [1.82, 2.24) is 9.78 Å². The highest BCUT2D eigenvalue weighted by molar-refractivity contribution is 9.10. The third-order valence-electron chi connectivity index (χ3n) is 3.07. The van der Waals surface area contributed by atoms with E-state index in [0.29, 0.717) is 16.5 Å². The van der Waals surface area contributed by atoms with E-state index in [2.05, 4.69) is 21.0 Å². The van der Waals surface area contributed by atoms with E-state index in [4.69, 9.17) is 16.3 Å². The van der Waals surface area contributed by atoms with Gasteiger partial charge in [0.1, 0.15) is 10.9 Å². The van der Waals surface area contributed by atoms with Gasteiger partial charge in [-0.3, -0.25) is 9.48 Å². The van der Waals surface area contributed by atoms with Gasteiger partial charge in [-0.1, -0.05) is 27.5 Å². The number of carbonyl (C=O) groups excluding carboxylic acids is 1. The van der Waals surface area contributed by atoms with Crippen LogP contribution in [0.3, 0.4) is 0 Å². The van der Waals surface area contributed by atoms with Crippen LogP contribution < -0.4 is 4.74 Å². The fraction of sp³-hybridized carbons (Fsp3) is 0.286. The van der Waals surface area contributed by atoms with Crippen molar-refractivity contribution >= 4 is 33.3 Å². The number of ketones is 1. The molecule has 0 aliphatic heterocycles. The van der Waals surface area contributed by atoms with E-state index in [1.54, 1.807) is 31.0 Å². The van der Waals surface area contributed by atoms with Gasteiger partial charge in [0, 0.05) is 23.5 Å². The van der Waals surface area contributed by atoms with Crippen molar-refractivity contribution in [1.29, 1.82) is 0 Å². The fourth-order valence-corrected chi connectivity index (χ4v) is 2.61. The predicted molar refractivity (Wildman–Crippen MR) is 81.7 cm³/mol. The lowest BCUT2D eigenvalue weighted by Gasteiger charge is -2.08. The second kappa shape index (κ2) is 5.97. The summed E-state index contributed by atoms with van der Waals surface area (Å²) in [5, 5.41) is 4.70. The number of aromatic nitrogens is 2. The molecule has 6 heteroatoms. The summed E-state index contributed by atoms with van der Waals surface area (Å²) in [4.78, 5) is 12.4. The molecule has 0 fully saturated rings. The third kappa shape index (κ3) is 2.88. The Balaban J connectivity index is 2.33. The summed E-state index contributed by atoms with van der Waals surface area (Å²) in [5.41, 5.74) is 2.06. The molecule has 1 heterocycles. The first-order valence-corrected chi connectivity index (χ1v) is 7.15. The van der Waals surface area contributed by atoms with E-state index >= 15 is 0 Å². The highest BCUT2D eigenvalue weighted by Gasteiger charge is 2.18. The van der Waals surface area contributed by atoms with Crippen LogP contribution >= 0.6 is 27.5 Å². The zero-order valence-electron chi connectivity index (χ0n) is 11.4. The monoisotopic (exact) mass is 356 g/mol. The van der Waals surface area contributed by atoms with E-state index in [-0.39, 0.29) is 12.2 Å². The summed E-state index contributed by atoms with van der Waals surface area (Å²) in [6.07, 6.45) is 0.205. The van der Waals surface area contributed by atoms with Crippen molar-refractivity contribution in [3.8, 4) is 5.75 Å². The number of hydrogen-bond acceptors (Lipinski definition) is 3. The molecule has 20 heavy (non-hydrogen) atoms. The van der Waals surface area contributed by atoms with Crippen LogP contribution in [0.15, 0.2) is 22.7 Å². The van der Waals surface area contributed by atoms with Crippen molar-refractivity contribution in [2.45, 2.75) is 13.3 Å². The van der Waals surface area contributed by atoms with Crippen molar-refractivity contribution in [2.75, 3.05) is 7.11 Å². The molecule has 0 unspecified atom stereocenters. The molecule has 0 bridgehead atoms. The minimum Gasteiger partial charge on any atom is -0.496 e.